The number of anilines is 2. The lowest BCUT2D eigenvalue weighted by Gasteiger charge is -2.43. The van der Waals surface area contributed by atoms with E-state index < -0.39 is 16.2 Å². The Kier molecular flexibility index (Phi) is 4.58. The average Bonchev–Trinajstić information content (AvgIpc) is 3.06. The third kappa shape index (κ3) is 2.65. The molecule has 5 rings (SSSR count). The summed E-state index contributed by atoms with van der Waals surface area (Å²) < 4.78 is 0. The van der Waals surface area contributed by atoms with Crippen molar-refractivity contribution < 1.29 is 14.5 Å². The van der Waals surface area contributed by atoms with Gasteiger partial charge in [-0.25, -0.2) is 0 Å². The van der Waals surface area contributed by atoms with Crippen molar-refractivity contribution in [2.75, 3.05) is 10.2 Å². The number of allylic oxidation sites excluding steroid dienone is 1. The molecule has 0 aromatic heterocycles. The minimum atomic E-state index is -1.69. The summed E-state index contributed by atoms with van der Waals surface area (Å²) in [6, 6.07) is 12.1. The van der Waals surface area contributed by atoms with Gasteiger partial charge < -0.3 is 11.1 Å². The zero-order valence-electron chi connectivity index (χ0n) is 18.6. The molecule has 1 amide bonds. The minimum absolute atomic E-state index is 0.0904. The van der Waals surface area contributed by atoms with E-state index in [4.69, 9.17) is 5.73 Å². The van der Waals surface area contributed by atoms with E-state index in [9.17, 15) is 25.0 Å². The lowest BCUT2D eigenvalue weighted by atomic mass is 9.63. The van der Waals surface area contributed by atoms with Crippen molar-refractivity contribution in [2.24, 2.45) is 5.73 Å². The fraction of sp³-hybridized carbons (Fsp3) is 0.240. The van der Waals surface area contributed by atoms with E-state index in [1.807, 2.05) is 13.0 Å². The number of benzene rings is 2. The van der Waals surface area contributed by atoms with Crippen LogP contribution in [0.25, 0.3) is 0 Å². The Morgan fingerprint density at radius 1 is 1.15 bits per heavy atom. The SMILES string of the molecule is Cc1ccc(N2C(N)=C(C#N)C3(C(=O)Nc4ccc(C)cc43)C3=C2CCCC3=O)c([N+](=O)[O-])c1. The summed E-state index contributed by atoms with van der Waals surface area (Å²) in [5.41, 5.74) is 7.85. The first kappa shape index (κ1) is 21.4. The highest BCUT2D eigenvalue weighted by Gasteiger charge is 2.60. The standard InChI is InChI=1S/C25H21N5O4/c1-13-6-8-17-15(10-13)25(24(32)28-17)16(12-26)23(27)29(19-4-3-5-21(31)22(19)25)18-9-7-14(2)11-20(18)30(33)34/h6-11H,3-5,27H2,1-2H3,(H,28,32). The Morgan fingerprint density at radius 3 is 2.56 bits per heavy atom. The fourth-order valence-electron chi connectivity index (χ4n) is 5.35. The van der Waals surface area contributed by atoms with Gasteiger partial charge in [-0.15, -0.1) is 0 Å². The summed E-state index contributed by atoms with van der Waals surface area (Å²) in [4.78, 5) is 39.9. The van der Waals surface area contributed by atoms with Crippen LogP contribution in [0.4, 0.5) is 17.1 Å². The van der Waals surface area contributed by atoms with Crippen molar-refractivity contribution in [3.8, 4) is 6.07 Å². The summed E-state index contributed by atoms with van der Waals surface area (Å²) >= 11 is 0. The Hall–Kier alpha value is -4.45. The van der Waals surface area contributed by atoms with Crippen LogP contribution in [0.1, 0.15) is 36.0 Å². The lowest BCUT2D eigenvalue weighted by molar-refractivity contribution is -0.384. The maximum Gasteiger partial charge on any atom is 0.293 e. The number of nitrogens with two attached hydrogens (primary N) is 1. The normalized spacial score (nSPS) is 21.4. The average molecular weight is 455 g/mol. The molecule has 0 bridgehead atoms. The Morgan fingerprint density at radius 2 is 1.85 bits per heavy atom. The predicted molar refractivity (Wildman–Crippen MR) is 125 cm³/mol. The van der Waals surface area contributed by atoms with E-state index >= 15 is 0 Å². The molecular formula is C25H21N5O4. The molecule has 9 heteroatoms. The molecule has 0 saturated carbocycles. The molecule has 0 radical (unpaired) electrons. The van der Waals surface area contributed by atoms with Crippen LogP contribution in [0.2, 0.25) is 0 Å². The van der Waals surface area contributed by atoms with Crippen LogP contribution in [-0.2, 0) is 15.0 Å². The van der Waals surface area contributed by atoms with Gasteiger partial charge in [-0.05, 0) is 44.4 Å². The van der Waals surface area contributed by atoms with E-state index in [0.29, 0.717) is 35.4 Å². The first-order valence-electron chi connectivity index (χ1n) is 10.9. The van der Waals surface area contributed by atoms with Crippen LogP contribution >= 0.6 is 0 Å². The molecule has 1 spiro atoms. The van der Waals surface area contributed by atoms with Crippen LogP contribution in [-0.4, -0.2) is 16.6 Å². The smallest absolute Gasteiger partial charge is 0.293 e. The number of aryl methyl sites for hydroxylation is 2. The summed E-state index contributed by atoms with van der Waals surface area (Å²) in [5.74, 6) is -0.883. The maximum absolute atomic E-state index is 13.6. The molecule has 34 heavy (non-hydrogen) atoms. The van der Waals surface area contributed by atoms with Crippen LogP contribution in [0, 0.1) is 35.3 Å². The number of nitro benzene ring substituents is 1. The van der Waals surface area contributed by atoms with E-state index in [0.717, 1.165) is 5.56 Å². The number of carbonyl (C=O) groups is 2. The number of rotatable bonds is 2. The zero-order chi connectivity index (χ0) is 24.4. The van der Waals surface area contributed by atoms with E-state index in [1.165, 1.54) is 11.0 Å². The lowest BCUT2D eigenvalue weighted by Crippen LogP contribution is -2.50. The molecule has 2 aromatic carbocycles. The van der Waals surface area contributed by atoms with Crippen molar-refractivity contribution in [3.05, 3.63) is 85.9 Å². The first-order valence-corrected chi connectivity index (χ1v) is 10.9. The molecular weight excluding hydrogens is 434 g/mol. The second-order valence-electron chi connectivity index (χ2n) is 8.81. The number of amides is 1. The van der Waals surface area contributed by atoms with Crippen LogP contribution < -0.4 is 16.0 Å². The molecule has 1 unspecified atom stereocenters. The number of hydrogen-bond acceptors (Lipinski definition) is 7. The van der Waals surface area contributed by atoms with Crippen molar-refractivity contribution in [2.45, 2.75) is 38.5 Å². The van der Waals surface area contributed by atoms with Crippen LogP contribution in [0.3, 0.4) is 0 Å². The van der Waals surface area contributed by atoms with Gasteiger partial charge in [0.05, 0.1) is 10.5 Å². The summed E-state index contributed by atoms with van der Waals surface area (Å²) in [7, 11) is 0. The van der Waals surface area contributed by atoms with Gasteiger partial charge in [-0.2, -0.15) is 5.26 Å². The van der Waals surface area contributed by atoms with Gasteiger partial charge in [-0.3, -0.25) is 24.6 Å². The largest absolute Gasteiger partial charge is 0.384 e. The molecule has 170 valence electrons. The van der Waals surface area contributed by atoms with Crippen molar-refractivity contribution >= 4 is 28.8 Å². The second-order valence-corrected chi connectivity index (χ2v) is 8.81. The predicted octanol–water partition coefficient (Wildman–Crippen LogP) is 3.62. The zero-order valence-corrected chi connectivity index (χ0v) is 18.6. The van der Waals surface area contributed by atoms with Crippen molar-refractivity contribution in [3.63, 3.8) is 0 Å². The minimum Gasteiger partial charge on any atom is -0.384 e. The van der Waals surface area contributed by atoms with Gasteiger partial charge in [0, 0.05) is 35.0 Å². The van der Waals surface area contributed by atoms with Crippen LogP contribution in [0.5, 0.6) is 0 Å². The van der Waals surface area contributed by atoms with Crippen molar-refractivity contribution in [1.29, 1.82) is 5.26 Å². The summed E-state index contributed by atoms with van der Waals surface area (Å²) in [6.45, 7) is 3.59. The number of Topliss-reactive ketones (excluding diaryl/α,β-unsaturated/α-hetero) is 1. The van der Waals surface area contributed by atoms with E-state index in [1.54, 1.807) is 31.2 Å². The molecule has 0 fully saturated rings. The molecule has 1 aliphatic carbocycles. The number of carbonyl (C=O) groups excluding carboxylic acids is 2. The molecule has 9 nitrogen and oxygen atoms in total. The van der Waals surface area contributed by atoms with Gasteiger partial charge in [0.1, 0.15) is 23.0 Å². The van der Waals surface area contributed by atoms with E-state index in [2.05, 4.69) is 11.4 Å². The number of nitrogens with one attached hydrogen (secondary N) is 1. The van der Waals surface area contributed by atoms with Crippen molar-refractivity contribution in [1.82, 2.24) is 0 Å². The molecule has 2 heterocycles. The molecule has 2 aromatic rings. The van der Waals surface area contributed by atoms with Gasteiger partial charge >= 0.3 is 0 Å². The highest BCUT2D eigenvalue weighted by atomic mass is 16.6. The topological polar surface area (TPSA) is 142 Å². The van der Waals surface area contributed by atoms with E-state index in [-0.39, 0.29) is 40.5 Å². The summed E-state index contributed by atoms with van der Waals surface area (Å²) in [6.07, 6.45) is 1.08. The quantitative estimate of drug-likeness (QED) is 0.520. The number of ketones is 1. The first-order chi connectivity index (χ1) is 16.2. The second kappa shape index (κ2) is 7.28. The Balaban J connectivity index is 1.90. The van der Waals surface area contributed by atoms with Gasteiger partial charge in [0.2, 0.25) is 5.91 Å². The third-order valence-electron chi connectivity index (χ3n) is 6.75. The third-order valence-corrected chi connectivity index (χ3v) is 6.75. The molecule has 2 aliphatic heterocycles. The maximum atomic E-state index is 13.6. The number of nitrogens with zero attached hydrogens (tertiary/aromatic N) is 3. The van der Waals surface area contributed by atoms with Gasteiger partial charge in [0.25, 0.3) is 5.69 Å². The number of hydrogen-bond donors (Lipinski definition) is 2. The molecule has 1 atom stereocenters. The molecule has 3 N–H and O–H groups in total. The van der Waals surface area contributed by atoms with Gasteiger partial charge in [-0.1, -0.05) is 23.8 Å². The monoisotopic (exact) mass is 455 g/mol. The molecule has 0 saturated heterocycles. The highest BCUT2D eigenvalue weighted by molar-refractivity contribution is 6.19. The Bertz CT molecular complexity index is 1430. The Labute approximate surface area is 195 Å². The highest BCUT2D eigenvalue weighted by Crippen LogP contribution is 2.55. The molecule has 3 aliphatic rings. The number of fused-ring (bicyclic) bond motifs is 3. The fourth-order valence-corrected chi connectivity index (χ4v) is 5.35. The number of nitro groups is 1. The van der Waals surface area contributed by atoms with Crippen LogP contribution in [0.15, 0.2) is 59.1 Å². The number of nitriles is 1. The summed E-state index contributed by atoms with van der Waals surface area (Å²) in [5, 5.41) is 25.0. The van der Waals surface area contributed by atoms with Gasteiger partial charge in [0.15, 0.2) is 5.78 Å².